The number of fused-ring (bicyclic) bond motifs is 1. The Morgan fingerprint density at radius 2 is 2.27 bits per heavy atom. The molecule has 5 heteroatoms. The predicted octanol–water partition coefficient (Wildman–Crippen LogP) is -1.08. The summed E-state index contributed by atoms with van der Waals surface area (Å²) in [6.07, 6.45) is 0. The number of amides is 1. The van der Waals surface area contributed by atoms with Crippen molar-refractivity contribution in [1.29, 1.82) is 0 Å². The van der Waals surface area contributed by atoms with E-state index in [0.717, 1.165) is 0 Å². The van der Waals surface area contributed by atoms with Crippen LogP contribution in [0, 0.1) is 0 Å². The summed E-state index contributed by atoms with van der Waals surface area (Å²) in [5, 5.41) is 5.16. The van der Waals surface area contributed by atoms with Gasteiger partial charge in [-0.15, -0.1) is 0 Å². The molecule has 0 spiro atoms. The van der Waals surface area contributed by atoms with E-state index in [4.69, 9.17) is 0 Å². The van der Waals surface area contributed by atoms with Crippen molar-refractivity contribution in [3.63, 3.8) is 0 Å². The normalized spacial score (nSPS) is 15.8. The molecule has 0 fully saturated rings. The smallest absolute Gasteiger partial charge is 0.269 e. The second-order valence-corrected chi connectivity index (χ2v) is 2.41. The quantitative estimate of drug-likeness (QED) is 0.498. The van der Waals surface area contributed by atoms with Gasteiger partial charge in [0.05, 0.1) is 6.54 Å². The molecule has 1 aromatic heterocycles. The molecule has 0 radical (unpaired) electrons. The number of nitrogens with one attached hydrogen (secondary N) is 2. The number of nitrogens with zero attached hydrogens (tertiary/aromatic N) is 1. The average molecular weight is 153 g/mol. The van der Waals surface area contributed by atoms with E-state index in [2.05, 4.69) is 10.4 Å². The van der Waals surface area contributed by atoms with Gasteiger partial charge < -0.3 is 5.32 Å². The molecule has 0 aliphatic carbocycles. The van der Waals surface area contributed by atoms with Crippen LogP contribution in [0.1, 0.15) is 10.5 Å². The van der Waals surface area contributed by atoms with Gasteiger partial charge >= 0.3 is 0 Å². The molecule has 58 valence electrons. The minimum Gasteiger partial charge on any atom is -0.349 e. The van der Waals surface area contributed by atoms with Gasteiger partial charge in [0.15, 0.2) is 0 Å². The van der Waals surface area contributed by atoms with Crippen LogP contribution >= 0.6 is 0 Å². The molecule has 1 aliphatic rings. The van der Waals surface area contributed by atoms with Gasteiger partial charge in [-0.05, 0) is 0 Å². The number of hydrogen-bond donors (Lipinski definition) is 2. The Balaban J connectivity index is 2.60. The highest BCUT2D eigenvalue weighted by molar-refractivity contribution is 5.92. The summed E-state index contributed by atoms with van der Waals surface area (Å²) in [5.41, 5.74) is 0.193. The maximum Gasteiger partial charge on any atom is 0.269 e. The SMILES string of the molecule is O=C1NCCn2[nH]c(=O)cc21. The van der Waals surface area contributed by atoms with Crippen LogP contribution in [0.2, 0.25) is 0 Å². The van der Waals surface area contributed by atoms with Crippen molar-refractivity contribution in [3.8, 4) is 0 Å². The van der Waals surface area contributed by atoms with Gasteiger partial charge in [-0.3, -0.25) is 19.4 Å². The lowest BCUT2D eigenvalue weighted by Gasteiger charge is -2.13. The molecule has 1 amide bonds. The van der Waals surface area contributed by atoms with Crippen molar-refractivity contribution in [3.05, 3.63) is 22.1 Å². The highest BCUT2D eigenvalue weighted by Crippen LogP contribution is 1.98. The Bertz CT molecular complexity index is 349. The molecule has 2 rings (SSSR count). The van der Waals surface area contributed by atoms with Crippen LogP contribution in [0.4, 0.5) is 0 Å². The van der Waals surface area contributed by atoms with Crippen LogP contribution in [0.25, 0.3) is 0 Å². The van der Waals surface area contributed by atoms with Crippen LogP contribution in [0.3, 0.4) is 0 Å². The first-order valence-corrected chi connectivity index (χ1v) is 3.35. The fourth-order valence-electron chi connectivity index (χ4n) is 1.16. The maximum absolute atomic E-state index is 11.0. The molecule has 11 heavy (non-hydrogen) atoms. The zero-order valence-corrected chi connectivity index (χ0v) is 5.76. The van der Waals surface area contributed by atoms with Gasteiger partial charge in [-0.25, -0.2) is 0 Å². The van der Waals surface area contributed by atoms with Crippen LogP contribution in [0.15, 0.2) is 10.9 Å². The number of carbonyl (C=O) groups excluding carboxylic acids is 1. The molecule has 2 N–H and O–H groups in total. The lowest BCUT2D eigenvalue weighted by molar-refractivity contribution is 0.0924. The van der Waals surface area contributed by atoms with Crippen molar-refractivity contribution in [1.82, 2.24) is 15.1 Å². The monoisotopic (exact) mass is 153 g/mol. The van der Waals surface area contributed by atoms with Crippen molar-refractivity contribution in [2.24, 2.45) is 0 Å². The summed E-state index contributed by atoms with van der Waals surface area (Å²) < 4.78 is 1.56. The molecule has 0 saturated heterocycles. The molecule has 0 unspecified atom stereocenters. The van der Waals surface area contributed by atoms with E-state index < -0.39 is 0 Å². The third-order valence-electron chi connectivity index (χ3n) is 1.66. The second kappa shape index (κ2) is 1.98. The average Bonchev–Trinajstić information content (AvgIpc) is 2.31. The summed E-state index contributed by atoms with van der Waals surface area (Å²) in [4.78, 5) is 21.8. The third-order valence-corrected chi connectivity index (χ3v) is 1.66. The van der Waals surface area contributed by atoms with E-state index in [1.807, 2.05) is 0 Å². The summed E-state index contributed by atoms with van der Waals surface area (Å²) >= 11 is 0. The van der Waals surface area contributed by atoms with Crippen LogP contribution < -0.4 is 10.9 Å². The Morgan fingerprint density at radius 3 is 3.00 bits per heavy atom. The Kier molecular flexibility index (Phi) is 1.12. The summed E-state index contributed by atoms with van der Waals surface area (Å²) in [6, 6.07) is 1.30. The van der Waals surface area contributed by atoms with E-state index in [9.17, 15) is 9.59 Å². The van der Waals surface area contributed by atoms with Crippen molar-refractivity contribution in [2.75, 3.05) is 6.54 Å². The van der Waals surface area contributed by atoms with E-state index >= 15 is 0 Å². The molecule has 0 atom stereocenters. The largest absolute Gasteiger partial charge is 0.349 e. The Labute approximate surface area is 62.0 Å². The molecule has 5 nitrogen and oxygen atoms in total. The zero-order chi connectivity index (χ0) is 7.84. The van der Waals surface area contributed by atoms with Crippen LogP contribution in [0.5, 0.6) is 0 Å². The van der Waals surface area contributed by atoms with E-state index in [-0.39, 0.29) is 11.5 Å². The van der Waals surface area contributed by atoms with Crippen molar-refractivity contribution >= 4 is 5.91 Å². The van der Waals surface area contributed by atoms with E-state index in [1.165, 1.54) is 6.07 Å². The summed E-state index contributed by atoms with van der Waals surface area (Å²) in [7, 11) is 0. The minimum absolute atomic E-state index is 0.186. The fraction of sp³-hybridized carbons (Fsp3) is 0.333. The Morgan fingerprint density at radius 1 is 1.45 bits per heavy atom. The standard InChI is InChI=1S/C6H7N3O2/c10-5-3-4-6(11)7-1-2-9(4)8-5/h3H,1-2H2,(H,7,11)(H,8,10). The number of hydrogen-bond acceptors (Lipinski definition) is 2. The first kappa shape index (κ1) is 6.21. The van der Waals surface area contributed by atoms with Gasteiger partial charge in [0.1, 0.15) is 5.69 Å². The van der Waals surface area contributed by atoms with Crippen LogP contribution in [-0.4, -0.2) is 22.2 Å². The number of aromatic nitrogens is 2. The van der Waals surface area contributed by atoms with Crippen molar-refractivity contribution in [2.45, 2.75) is 6.54 Å². The Hall–Kier alpha value is -1.52. The zero-order valence-electron chi connectivity index (χ0n) is 5.76. The van der Waals surface area contributed by atoms with Gasteiger partial charge in [-0.2, -0.15) is 0 Å². The fourth-order valence-corrected chi connectivity index (χ4v) is 1.16. The minimum atomic E-state index is -0.225. The van der Waals surface area contributed by atoms with E-state index in [0.29, 0.717) is 18.8 Å². The molecule has 0 bridgehead atoms. The van der Waals surface area contributed by atoms with Gasteiger partial charge in [0.2, 0.25) is 0 Å². The van der Waals surface area contributed by atoms with E-state index in [1.54, 1.807) is 4.68 Å². The van der Waals surface area contributed by atoms with Crippen molar-refractivity contribution < 1.29 is 4.79 Å². The number of H-pyrrole nitrogens is 1. The second-order valence-electron chi connectivity index (χ2n) is 2.41. The molecule has 1 aliphatic heterocycles. The lowest BCUT2D eigenvalue weighted by Crippen LogP contribution is -2.35. The first-order valence-electron chi connectivity index (χ1n) is 3.35. The molecular formula is C6H7N3O2. The van der Waals surface area contributed by atoms with Gasteiger partial charge in [0, 0.05) is 12.6 Å². The molecule has 0 aromatic carbocycles. The predicted molar refractivity (Wildman–Crippen MR) is 37.4 cm³/mol. The number of carbonyl (C=O) groups is 1. The van der Waals surface area contributed by atoms with Gasteiger partial charge in [0.25, 0.3) is 11.5 Å². The first-order chi connectivity index (χ1) is 5.27. The summed E-state index contributed by atoms with van der Waals surface area (Å²) in [5.74, 6) is -0.186. The third kappa shape index (κ3) is 0.849. The topological polar surface area (TPSA) is 66.9 Å². The lowest BCUT2D eigenvalue weighted by atomic mass is 10.3. The maximum atomic E-state index is 11.0. The highest BCUT2D eigenvalue weighted by atomic mass is 16.2. The molecule has 0 saturated carbocycles. The molecular weight excluding hydrogens is 146 g/mol. The summed E-state index contributed by atoms with van der Waals surface area (Å²) in [6.45, 7) is 1.22. The number of rotatable bonds is 0. The molecule has 1 aromatic rings. The van der Waals surface area contributed by atoms with Crippen LogP contribution in [-0.2, 0) is 6.54 Å². The number of aromatic amines is 1. The van der Waals surface area contributed by atoms with Gasteiger partial charge in [-0.1, -0.05) is 0 Å². The highest BCUT2D eigenvalue weighted by Gasteiger charge is 2.16. The molecule has 2 heterocycles.